The van der Waals surface area contributed by atoms with Crippen LogP contribution in [0, 0.1) is 13.8 Å². The molecule has 5 heteroatoms. The van der Waals surface area contributed by atoms with Crippen LogP contribution in [0.15, 0.2) is 6.07 Å². The van der Waals surface area contributed by atoms with Crippen molar-refractivity contribution in [2.75, 3.05) is 17.2 Å². The number of benzene rings is 1. The van der Waals surface area contributed by atoms with Crippen molar-refractivity contribution in [2.45, 2.75) is 20.3 Å². The SMILES string of the molecule is Cc1cc(NCCCBr)c(C)c2nsnc12. The molecule has 0 fully saturated rings. The van der Waals surface area contributed by atoms with E-state index in [1.807, 2.05) is 0 Å². The number of fused-ring (bicyclic) bond motifs is 1. The Morgan fingerprint density at radius 2 is 2.06 bits per heavy atom. The molecule has 1 aromatic heterocycles. The summed E-state index contributed by atoms with van der Waals surface area (Å²) in [7, 11) is 0. The van der Waals surface area contributed by atoms with E-state index < -0.39 is 0 Å². The van der Waals surface area contributed by atoms with Gasteiger partial charge in [0.2, 0.25) is 0 Å². The Morgan fingerprint density at radius 3 is 2.81 bits per heavy atom. The first-order valence-corrected chi connectivity index (χ1v) is 7.11. The average Bonchev–Trinajstić information content (AvgIpc) is 2.75. The van der Waals surface area contributed by atoms with Gasteiger partial charge in [-0.1, -0.05) is 15.9 Å². The molecule has 0 aliphatic rings. The molecular weight excluding hydrogens is 286 g/mol. The first-order valence-electron chi connectivity index (χ1n) is 5.26. The fraction of sp³-hybridized carbons (Fsp3) is 0.455. The van der Waals surface area contributed by atoms with Crippen LogP contribution in [0.25, 0.3) is 11.0 Å². The van der Waals surface area contributed by atoms with Gasteiger partial charge in [0.05, 0.1) is 11.7 Å². The second-order valence-electron chi connectivity index (χ2n) is 3.80. The average molecular weight is 300 g/mol. The largest absolute Gasteiger partial charge is 0.385 e. The van der Waals surface area contributed by atoms with Gasteiger partial charge in [-0.05, 0) is 31.9 Å². The van der Waals surface area contributed by atoms with Gasteiger partial charge in [0, 0.05) is 23.1 Å². The Kier molecular flexibility index (Phi) is 3.76. The summed E-state index contributed by atoms with van der Waals surface area (Å²) < 4.78 is 8.66. The summed E-state index contributed by atoms with van der Waals surface area (Å²) in [5.41, 5.74) is 5.64. The zero-order valence-corrected chi connectivity index (χ0v) is 11.8. The van der Waals surface area contributed by atoms with Crippen molar-refractivity contribution in [3.8, 4) is 0 Å². The molecule has 0 unspecified atom stereocenters. The topological polar surface area (TPSA) is 37.8 Å². The Balaban J connectivity index is 2.34. The highest BCUT2D eigenvalue weighted by Gasteiger charge is 2.09. The number of nitrogens with one attached hydrogen (secondary N) is 1. The lowest BCUT2D eigenvalue weighted by Gasteiger charge is -2.10. The fourth-order valence-electron chi connectivity index (χ4n) is 1.69. The Morgan fingerprint density at radius 1 is 1.31 bits per heavy atom. The van der Waals surface area contributed by atoms with Gasteiger partial charge in [-0.15, -0.1) is 0 Å². The second kappa shape index (κ2) is 5.10. The van der Waals surface area contributed by atoms with Gasteiger partial charge < -0.3 is 5.32 Å². The molecule has 2 rings (SSSR count). The summed E-state index contributed by atoms with van der Waals surface area (Å²) in [6, 6.07) is 2.16. The third-order valence-corrected chi connectivity index (χ3v) is 3.70. The van der Waals surface area contributed by atoms with Crippen LogP contribution in [-0.4, -0.2) is 20.6 Å². The van der Waals surface area contributed by atoms with Gasteiger partial charge in [-0.25, -0.2) is 0 Å². The molecule has 0 aliphatic carbocycles. The third-order valence-electron chi connectivity index (χ3n) is 2.61. The van der Waals surface area contributed by atoms with Crippen molar-refractivity contribution >= 4 is 44.4 Å². The van der Waals surface area contributed by atoms with Gasteiger partial charge in [-0.3, -0.25) is 0 Å². The van der Waals surface area contributed by atoms with Crippen LogP contribution >= 0.6 is 27.7 Å². The smallest absolute Gasteiger partial charge is 0.110 e. The molecule has 1 heterocycles. The van der Waals surface area contributed by atoms with E-state index in [1.54, 1.807) is 0 Å². The van der Waals surface area contributed by atoms with E-state index in [-0.39, 0.29) is 0 Å². The summed E-state index contributed by atoms with van der Waals surface area (Å²) in [6.45, 7) is 5.16. The van der Waals surface area contributed by atoms with Gasteiger partial charge in [-0.2, -0.15) is 8.75 Å². The molecule has 1 N–H and O–H groups in total. The predicted molar refractivity (Wildman–Crippen MR) is 73.8 cm³/mol. The first kappa shape index (κ1) is 11.8. The fourth-order valence-corrected chi connectivity index (χ4v) is 2.63. The number of halogens is 1. The van der Waals surface area contributed by atoms with Crippen molar-refractivity contribution in [1.29, 1.82) is 0 Å². The van der Waals surface area contributed by atoms with Crippen LogP contribution < -0.4 is 5.32 Å². The van der Waals surface area contributed by atoms with E-state index in [2.05, 4.69) is 49.9 Å². The Hall–Kier alpha value is -0.680. The number of rotatable bonds is 4. The van der Waals surface area contributed by atoms with Gasteiger partial charge in [0.25, 0.3) is 0 Å². The maximum absolute atomic E-state index is 4.35. The van der Waals surface area contributed by atoms with E-state index in [4.69, 9.17) is 0 Å². The van der Waals surface area contributed by atoms with E-state index in [0.29, 0.717) is 0 Å². The summed E-state index contributed by atoms with van der Waals surface area (Å²) >= 11 is 4.71. The number of alkyl halides is 1. The minimum Gasteiger partial charge on any atom is -0.385 e. The number of aryl methyl sites for hydroxylation is 2. The quantitative estimate of drug-likeness (QED) is 0.693. The highest BCUT2D eigenvalue weighted by molar-refractivity contribution is 9.09. The minimum absolute atomic E-state index is 0.981. The number of hydrogen-bond donors (Lipinski definition) is 1. The van der Waals surface area contributed by atoms with E-state index in [0.717, 1.165) is 29.3 Å². The highest BCUT2D eigenvalue weighted by atomic mass is 79.9. The number of anilines is 1. The van der Waals surface area contributed by atoms with E-state index in [1.165, 1.54) is 28.5 Å². The van der Waals surface area contributed by atoms with Crippen LogP contribution in [0.1, 0.15) is 17.5 Å². The normalized spacial score (nSPS) is 10.9. The van der Waals surface area contributed by atoms with Crippen LogP contribution in [0.2, 0.25) is 0 Å². The Labute approximate surface area is 108 Å². The molecule has 0 spiro atoms. The van der Waals surface area contributed by atoms with Gasteiger partial charge >= 0.3 is 0 Å². The van der Waals surface area contributed by atoms with Crippen molar-refractivity contribution in [3.05, 3.63) is 17.2 Å². The molecule has 0 radical (unpaired) electrons. The van der Waals surface area contributed by atoms with Gasteiger partial charge in [0.15, 0.2) is 0 Å². The molecular formula is C11H14BrN3S. The number of nitrogens with zero attached hydrogens (tertiary/aromatic N) is 2. The van der Waals surface area contributed by atoms with Gasteiger partial charge in [0.1, 0.15) is 11.0 Å². The molecule has 0 bridgehead atoms. The van der Waals surface area contributed by atoms with Crippen molar-refractivity contribution in [3.63, 3.8) is 0 Å². The lowest BCUT2D eigenvalue weighted by atomic mass is 10.1. The van der Waals surface area contributed by atoms with E-state index in [9.17, 15) is 0 Å². The summed E-state index contributed by atoms with van der Waals surface area (Å²) in [6.07, 6.45) is 1.12. The van der Waals surface area contributed by atoms with E-state index >= 15 is 0 Å². The molecule has 2 aromatic rings. The predicted octanol–water partition coefficient (Wildman–Crippen LogP) is 3.51. The molecule has 0 atom stereocenters. The van der Waals surface area contributed by atoms with Crippen molar-refractivity contribution < 1.29 is 0 Å². The van der Waals surface area contributed by atoms with Crippen molar-refractivity contribution in [1.82, 2.24) is 8.75 Å². The lowest BCUT2D eigenvalue weighted by Crippen LogP contribution is -2.04. The lowest BCUT2D eigenvalue weighted by molar-refractivity contribution is 0.997. The molecule has 0 amide bonds. The molecule has 1 aromatic carbocycles. The number of aromatic nitrogens is 2. The maximum atomic E-state index is 4.35. The molecule has 86 valence electrons. The minimum atomic E-state index is 0.981. The molecule has 16 heavy (non-hydrogen) atoms. The summed E-state index contributed by atoms with van der Waals surface area (Å²) in [5, 5.41) is 4.47. The summed E-state index contributed by atoms with van der Waals surface area (Å²) in [5.74, 6) is 0. The molecule has 0 saturated heterocycles. The van der Waals surface area contributed by atoms with Crippen LogP contribution in [0.3, 0.4) is 0 Å². The standard InChI is InChI=1S/C11H14BrN3S/c1-7-6-9(13-5-3-4-12)8(2)11-10(7)14-16-15-11/h6,13H,3-5H2,1-2H3. The van der Waals surface area contributed by atoms with Crippen LogP contribution in [0.4, 0.5) is 5.69 Å². The third kappa shape index (κ3) is 2.20. The first-order chi connectivity index (χ1) is 7.74. The zero-order chi connectivity index (χ0) is 11.5. The molecule has 3 nitrogen and oxygen atoms in total. The summed E-state index contributed by atoms with van der Waals surface area (Å²) in [4.78, 5) is 0. The van der Waals surface area contributed by atoms with Crippen LogP contribution in [0.5, 0.6) is 0 Å². The number of hydrogen-bond acceptors (Lipinski definition) is 4. The second-order valence-corrected chi connectivity index (χ2v) is 5.12. The molecule has 0 saturated carbocycles. The maximum Gasteiger partial charge on any atom is 0.110 e. The van der Waals surface area contributed by atoms with Crippen molar-refractivity contribution in [2.24, 2.45) is 0 Å². The zero-order valence-electron chi connectivity index (χ0n) is 9.38. The molecule has 0 aliphatic heterocycles. The monoisotopic (exact) mass is 299 g/mol. The highest BCUT2D eigenvalue weighted by Crippen LogP contribution is 2.27. The van der Waals surface area contributed by atoms with Crippen LogP contribution in [-0.2, 0) is 0 Å². The Bertz CT molecular complexity index is 495.